The van der Waals surface area contributed by atoms with Crippen LogP contribution in [0.25, 0.3) is 0 Å². The van der Waals surface area contributed by atoms with Crippen molar-refractivity contribution in [2.75, 3.05) is 23.8 Å². The van der Waals surface area contributed by atoms with Crippen molar-refractivity contribution in [3.8, 4) is 5.75 Å². The Labute approximate surface area is 156 Å². The lowest BCUT2D eigenvalue weighted by Crippen LogP contribution is -2.06. The molecule has 0 saturated carbocycles. The van der Waals surface area contributed by atoms with Crippen LogP contribution in [0, 0.1) is 5.82 Å². The number of ether oxygens (including phenoxy) is 1. The Morgan fingerprint density at radius 1 is 1.04 bits per heavy atom. The van der Waals surface area contributed by atoms with Gasteiger partial charge in [-0.1, -0.05) is 12.1 Å². The van der Waals surface area contributed by atoms with Crippen molar-refractivity contribution >= 4 is 17.5 Å². The molecule has 140 valence electrons. The molecule has 0 saturated heterocycles. The molecule has 7 nitrogen and oxygen atoms in total. The molecule has 2 aromatic heterocycles. The molecule has 3 N–H and O–H groups in total. The van der Waals surface area contributed by atoms with Crippen molar-refractivity contribution in [3.63, 3.8) is 0 Å². The Bertz CT molecular complexity index is 846. The monoisotopic (exact) mass is 369 g/mol. The van der Waals surface area contributed by atoms with Crippen LogP contribution in [-0.2, 0) is 6.54 Å². The Morgan fingerprint density at radius 2 is 1.85 bits per heavy atom. The van der Waals surface area contributed by atoms with E-state index < -0.39 is 0 Å². The Hall–Kier alpha value is -3.26. The quantitative estimate of drug-likeness (QED) is 0.499. The summed E-state index contributed by atoms with van der Waals surface area (Å²) in [5.74, 6) is 2.02. The molecule has 2 heterocycles. The lowest BCUT2D eigenvalue weighted by Gasteiger charge is -2.12. The van der Waals surface area contributed by atoms with Crippen molar-refractivity contribution in [2.45, 2.75) is 13.0 Å². The number of halogens is 1. The predicted molar refractivity (Wildman–Crippen MR) is 100 cm³/mol. The van der Waals surface area contributed by atoms with E-state index in [9.17, 15) is 4.39 Å². The van der Waals surface area contributed by atoms with Crippen LogP contribution in [-0.4, -0.2) is 33.3 Å². The summed E-state index contributed by atoms with van der Waals surface area (Å²) in [6.45, 7) is 0.936. The second-order valence-corrected chi connectivity index (χ2v) is 5.69. The van der Waals surface area contributed by atoms with E-state index in [2.05, 4.69) is 25.6 Å². The van der Waals surface area contributed by atoms with Gasteiger partial charge in [0, 0.05) is 44.1 Å². The van der Waals surface area contributed by atoms with E-state index in [0.717, 1.165) is 5.56 Å². The molecule has 0 aliphatic heterocycles. The summed E-state index contributed by atoms with van der Waals surface area (Å²) >= 11 is 0. The molecular formula is C19H20FN5O2. The Morgan fingerprint density at radius 3 is 2.59 bits per heavy atom. The first kappa shape index (κ1) is 18.5. The zero-order chi connectivity index (χ0) is 18.9. The van der Waals surface area contributed by atoms with Crippen LogP contribution < -0.4 is 15.4 Å². The number of anilines is 3. The maximum Gasteiger partial charge on any atom is 0.150 e. The Kier molecular flexibility index (Phi) is 6.48. The normalized spacial score (nSPS) is 10.4. The maximum atomic E-state index is 13.0. The smallest absolute Gasteiger partial charge is 0.150 e. The lowest BCUT2D eigenvalue weighted by atomic mass is 10.2. The molecule has 0 fully saturated rings. The molecule has 3 aromatic rings. The standard InChI is InChI=1S/C19H20FN5O2/c20-15-4-2-14(3-5-15)12-23-17-10-16(27-9-1-8-26)11-18(24-17)25-19-13-21-6-7-22-19/h2-7,10-11,13,26H,1,8-9,12H2,(H2,22,23,24,25). The van der Waals surface area contributed by atoms with Gasteiger partial charge in [-0.05, 0) is 17.7 Å². The summed E-state index contributed by atoms with van der Waals surface area (Å²) in [6, 6.07) is 9.77. The zero-order valence-corrected chi connectivity index (χ0v) is 14.6. The third-order valence-electron chi connectivity index (χ3n) is 3.58. The van der Waals surface area contributed by atoms with Gasteiger partial charge in [-0.15, -0.1) is 0 Å². The van der Waals surface area contributed by atoms with Gasteiger partial charge in [-0.3, -0.25) is 4.98 Å². The van der Waals surface area contributed by atoms with Gasteiger partial charge in [-0.2, -0.15) is 0 Å². The molecule has 1 aromatic carbocycles. The summed E-state index contributed by atoms with van der Waals surface area (Å²) in [4.78, 5) is 12.7. The first-order chi connectivity index (χ1) is 13.2. The fourth-order valence-electron chi connectivity index (χ4n) is 2.29. The number of pyridine rings is 1. The van der Waals surface area contributed by atoms with Crippen LogP contribution in [0.3, 0.4) is 0 Å². The molecule has 8 heteroatoms. The largest absolute Gasteiger partial charge is 0.493 e. The highest BCUT2D eigenvalue weighted by Crippen LogP contribution is 2.23. The fourth-order valence-corrected chi connectivity index (χ4v) is 2.29. The molecule has 0 bridgehead atoms. The second-order valence-electron chi connectivity index (χ2n) is 5.69. The van der Waals surface area contributed by atoms with Crippen LogP contribution in [0.15, 0.2) is 55.0 Å². The fraction of sp³-hybridized carbons (Fsp3) is 0.211. The minimum Gasteiger partial charge on any atom is -0.493 e. The number of nitrogens with zero attached hydrogens (tertiary/aromatic N) is 3. The van der Waals surface area contributed by atoms with Crippen molar-refractivity contribution in [3.05, 3.63) is 66.4 Å². The molecule has 27 heavy (non-hydrogen) atoms. The van der Waals surface area contributed by atoms with E-state index in [4.69, 9.17) is 9.84 Å². The minimum atomic E-state index is -0.272. The molecule has 0 aliphatic rings. The summed E-state index contributed by atoms with van der Waals surface area (Å²) in [5, 5.41) is 15.2. The average molecular weight is 369 g/mol. The van der Waals surface area contributed by atoms with E-state index in [1.54, 1.807) is 42.9 Å². The van der Waals surface area contributed by atoms with Gasteiger partial charge in [0.25, 0.3) is 0 Å². The van der Waals surface area contributed by atoms with Crippen LogP contribution in [0.4, 0.5) is 21.8 Å². The number of hydrogen-bond donors (Lipinski definition) is 3. The average Bonchev–Trinajstić information content (AvgIpc) is 2.68. The van der Waals surface area contributed by atoms with Gasteiger partial charge in [0.1, 0.15) is 29.0 Å². The third kappa shape index (κ3) is 5.89. The molecule has 0 atom stereocenters. The SMILES string of the molecule is OCCCOc1cc(NCc2ccc(F)cc2)nc(Nc2cnccn2)c1. The van der Waals surface area contributed by atoms with Crippen LogP contribution in [0.1, 0.15) is 12.0 Å². The van der Waals surface area contributed by atoms with Gasteiger partial charge < -0.3 is 20.5 Å². The number of rotatable bonds is 9. The first-order valence-electron chi connectivity index (χ1n) is 8.50. The van der Waals surface area contributed by atoms with Gasteiger partial charge >= 0.3 is 0 Å². The summed E-state index contributed by atoms with van der Waals surface area (Å²) in [6.07, 6.45) is 5.29. The van der Waals surface area contributed by atoms with Gasteiger partial charge in [-0.25, -0.2) is 14.4 Å². The van der Waals surface area contributed by atoms with Crippen molar-refractivity contribution < 1.29 is 14.2 Å². The van der Waals surface area contributed by atoms with Gasteiger partial charge in [0.05, 0.1) is 12.8 Å². The minimum absolute atomic E-state index is 0.0610. The van der Waals surface area contributed by atoms with Crippen molar-refractivity contribution in [1.82, 2.24) is 15.0 Å². The van der Waals surface area contributed by atoms with Gasteiger partial charge in [0.15, 0.2) is 0 Å². The van der Waals surface area contributed by atoms with E-state index >= 15 is 0 Å². The summed E-state index contributed by atoms with van der Waals surface area (Å²) in [7, 11) is 0. The van der Waals surface area contributed by atoms with Gasteiger partial charge in [0.2, 0.25) is 0 Å². The zero-order valence-electron chi connectivity index (χ0n) is 14.6. The molecular weight excluding hydrogens is 349 g/mol. The maximum absolute atomic E-state index is 13.0. The van der Waals surface area contributed by atoms with E-state index in [1.165, 1.54) is 12.1 Å². The van der Waals surface area contributed by atoms with Crippen LogP contribution in [0.5, 0.6) is 5.75 Å². The highest BCUT2D eigenvalue weighted by atomic mass is 19.1. The van der Waals surface area contributed by atoms with Crippen LogP contribution >= 0.6 is 0 Å². The summed E-state index contributed by atoms with van der Waals surface area (Å²) in [5.41, 5.74) is 0.924. The van der Waals surface area contributed by atoms with E-state index in [0.29, 0.717) is 42.8 Å². The van der Waals surface area contributed by atoms with Crippen molar-refractivity contribution in [1.29, 1.82) is 0 Å². The van der Waals surface area contributed by atoms with E-state index in [-0.39, 0.29) is 12.4 Å². The first-order valence-corrected chi connectivity index (χ1v) is 8.50. The Balaban J connectivity index is 1.74. The molecule has 3 rings (SSSR count). The molecule has 0 unspecified atom stereocenters. The molecule has 0 amide bonds. The summed E-state index contributed by atoms with van der Waals surface area (Å²) < 4.78 is 18.7. The van der Waals surface area contributed by atoms with E-state index in [1.807, 2.05) is 0 Å². The third-order valence-corrected chi connectivity index (χ3v) is 3.58. The lowest BCUT2D eigenvalue weighted by molar-refractivity contribution is 0.233. The molecule has 0 radical (unpaired) electrons. The number of aromatic nitrogens is 3. The number of nitrogens with one attached hydrogen (secondary N) is 2. The highest BCUT2D eigenvalue weighted by molar-refractivity contribution is 5.57. The second kappa shape index (κ2) is 9.44. The number of aliphatic hydroxyl groups is 1. The molecule has 0 spiro atoms. The number of benzene rings is 1. The number of hydrogen-bond acceptors (Lipinski definition) is 7. The molecule has 0 aliphatic carbocycles. The van der Waals surface area contributed by atoms with Crippen LogP contribution in [0.2, 0.25) is 0 Å². The topological polar surface area (TPSA) is 92.2 Å². The number of aliphatic hydroxyl groups excluding tert-OH is 1. The highest BCUT2D eigenvalue weighted by Gasteiger charge is 2.06. The van der Waals surface area contributed by atoms with Crippen molar-refractivity contribution in [2.24, 2.45) is 0 Å². The predicted octanol–water partition coefficient (Wildman–Crippen LogP) is 3.13.